The van der Waals surface area contributed by atoms with Crippen LogP contribution < -0.4 is 0 Å². The maximum Gasteiger partial charge on any atom is 0.305 e. The van der Waals surface area contributed by atoms with Gasteiger partial charge in [0.15, 0.2) is 8.32 Å². The van der Waals surface area contributed by atoms with Gasteiger partial charge in [0.25, 0.3) is 0 Å². The molecule has 0 aromatic heterocycles. The predicted octanol–water partition coefficient (Wildman–Crippen LogP) is 7.61. The molecule has 4 nitrogen and oxygen atoms in total. The molecule has 0 spiro atoms. The molecule has 0 fully saturated rings. The first-order valence-electron chi connectivity index (χ1n) is 12.4. The van der Waals surface area contributed by atoms with Crippen molar-refractivity contribution in [3.8, 4) is 0 Å². The van der Waals surface area contributed by atoms with Crippen LogP contribution in [0, 0.1) is 0 Å². The molecule has 0 aliphatic rings. The second-order valence-corrected chi connectivity index (χ2v) is 14.5. The fourth-order valence-corrected chi connectivity index (χ4v) is 3.91. The maximum atomic E-state index is 11.0. The molecule has 0 saturated carbocycles. The van der Waals surface area contributed by atoms with Gasteiger partial charge in [0.2, 0.25) is 0 Å². The summed E-state index contributed by atoms with van der Waals surface area (Å²) in [6.45, 7) is 13.6. The van der Waals surface area contributed by atoms with E-state index in [9.17, 15) is 9.90 Å². The van der Waals surface area contributed by atoms with Crippen molar-refractivity contribution < 1.29 is 19.1 Å². The summed E-state index contributed by atoms with van der Waals surface area (Å²) in [6.07, 6.45) is 28.3. The van der Waals surface area contributed by atoms with E-state index in [1.165, 1.54) is 7.11 Å². The van der Waals surface area contributed by atoms with Gasteiger partial charge in [-0.15, -0.1) is 0 Å². The van der Waals surface area contributed by atoms with Crippen LogP contribution >= 0.6 is 0 Å². The number of aliphatic hydroxyl groups excluding tert-OH is 1. The van der Waals surface area contributed by atoms with Crippen LogP contribution in [0.1, 0.15) is 66.2 Å². The van der Waals surface area contributed by atoms with Crippen molar-refractivity contribution in [3.63, 3.8) is 0 Å². The molecule has 5 heteroatoms. The molecular formula is C29H48O4Si. The minimum Gasteiger partial charge on any atom is -0.469 e. The number of aliphatic hydroxyl groups is 1. The first kappa shape index (κ1) is 32.0. The van der Waals surface area contributed by atoms with Gasteiger partial charge in [-0.2, -0.15) is 0 Å². The minimum absolute atomic E-state index is 0.112. The smallest absolute Gasteiger partial charge is 0.305 e. The van der Waals surface area contributed by atoms with Gasteiger partial charge in [0.05, 0.1) is 19.3 Å². The third-order valence-corrected chi connectivity index (χ3v) is 10.3. The molecule has 0 aliphatic carbocycles. The fraction of sp³-hybridized carbons (Fsp3) is 0.552. The van der Waals surface area contributed by atoms with Crippen molar-refractivity contribution in [1.82, 2.24) is 0 Å². The number of methoxy groups -OCH3 is 1. The Labute approximate surface area is 210 Å². The first-order valence-corrected chi connectivity index (χ1v) is 15.3. The molecular weight excluding hydrogens is 440 g/mol. The summed E-state index contributed by atoms with van der Waals surface area (Å²) in [5.74, 6) is -0.305. The van der Waals surface area contributed by atoms with Crippen molar-refractivity contribution >= 4 is 14.3 Å². The largest absolute Gasteiger partial charge is 0.469 e. The Balaban J connectivity index is 4.43. The summed E-state index contributed by atoms with van der Waals surface area (Å²) in [4.78, 5) is 11.0. The SMILES string of the molecule is CCC=CCC(C=CC=CCC=CCC=CC=CC(O)CCC(=O)OC)O[Si](C)(C)C(C)(C)C. The van der Waals surface area contributed by atoms with E-state index in [1.807, 2.05) is 12.2 Å². The Bertz CT molecular complexity index is 721. The van der Waals surface area contributed by atoms with Crippen LogP contribution in [-0.4, -0.2) is 38.7 Å². The summed E-state index contributed by atoms with van der Waals surface area (Å²) < 4.78 is 11.1. The van der Waals surface area contributed by atoms with Gasteiger partial charge in [-0.25, -0.2) is 0 Å². The summed E-state index contributed by atoms with van der Waals surface area (Å²) >= 11 is 0. The number of carbonyl (C=O) groups excluding carboxylic acids is 1. The monoisotopic (exact) mass is 488 g/mol. The molecule has 0 amide bonds. The topological polar surface area (TPSA) is 55.8 Å². The van der Waals surface area contributed by atoms with E-state index in [2.05, 4.69) is 94.1 Å². The lowest BCUT2D eigenvalue weighted by Crippen LogP contribution is -2.43. The molecule has 0 aromatic carbocycles. The average molecular weight is 489 g/mol. The molecule has 0 radical (unpaired) electrons. The third kappa shape index (κ3) is 16.6. The molecule has 34 heavy (non-hydrogen) atoms. The van der Waals surface area contributed by atoms with Gasteiger partial charge < -0.3 is 14.3 Å². The van der Waals surface area contributed by atoms with E-state index in [0.717, 1.165) is 25.7 Å². The molecule has 0 bridgehead atoms. The average Bonchev–Trinajstić information content (AvgIpc) is 2.77. The summed E-state index contributed by atoms with van der Waals surface area (Å²) in [7, 11) is -0.460. The Morgan fingerprint density at radius 2 is 1.50 bits per heavy atom. The minimum atomic E-state index is -1.81. The second-order valence-electron chi connectivity index (χ2n) is 9.78. The van der Waals surface area contributed by atoms with Gasteiger partial charge in [-0.1, -0.05) is 101 Å². The van der Waals surface area contributed by atoms with Gasteiger partial charge in [0.1, 0.15) is 0 Å². The Morgan fingerprint density at radius 3 is 2.03 bits per heavy atom. The molecule has 1 N–H and O–H groups in total. The van der Waals surface area contributed by atoms with Crippen LogP contribution in [0.15, 0.2) is 72.9 Å². The highest BCUT2D eigenvalue weighted by atomic mass is 28.4. The van der Waals surface area contributed by atoms with Gasteiger partial charge in [-0.3, -0.25) is 4.79 Å². The van der Waals surface area contributed by atoms with Crippen LogP contribution in [0.5, 0.6) is 0 Å². The van der Waals surface area contributed by atoms with E-state index in [4.69, 9.17) is 4.43 Å². The number of esters is 1. The van der Waals surface area contributed by atoms with E-state index >= 15 is 0 Å². The number of rotatable bonds is 16. The van der Waals surface area contributed by atoms with Crippen LogP contribution in [-0.2, 0) is 14.0 Å². The zero-order valence-corrected chi connectivity index (χ0v) is 23.5. The molecule has 0 rings (SSSR count). The number of hydrogen-bond acceptors (Lipinski definition) is 4. The molecule has 192 valence electrons. The molecule has 2 unspecified atom stereocenters. The Hall–Kier alpha value is -1.95. The van der Waals surface area contributed by atoms with E-state index in [0.29, 0.717) is 6.42 Å². The van der Waals surface area contributed by atoms with Crippen molar-refractivity contribution in [2.24, 2.45) is 0 Å². The van der Waals surface area contributed by atoms with E-state index in [1.54, 1.807) is 12.2 Å². The Morgan fingerprint density at radius 1 is 0.912 bits per heavy atom. The third-order valence-electron chi connectivity index (χ3n) is 5.76. The van der Waals surface area contributed by atoms with Gasteiger partial charge in [0, 0.05) is 6.42 Å². The normalized spacial score (nSPS) is 15.6. The zero-order chi connectivity index (χ0) is 25.9. The van der Waals surface area contributed by atoms with E-state index in [-0.39, 0.29) is 23.5 Å². The van der Waals surface area contributed by atoms with Crippen LogP contribution in [0.25, 0.3) is 0 Å². The summed E-state index contributed by atoms with van der Waals surface area (Å²) in [6, 6.07) is 0. The van der Waals surface area contributed by atoms with Crippen molar-refractivity contribution in [2.45, 2.75) is 96.6 Å². The summed E-state index contributed by atoms with van der Waals surface area (Å²) in [5.41, 5.74) is 0. The molecule has 0 saturated heterocycles. The molecule has 0 aromatic rings. The maximum absolute atomic E-state index is 11.0. The first-order chi connectivity index (χ1) is 16.0. The molecule has 0 aliphatic heterocycles. The lowest BCUT2D eigenvalue weighted by atomic mass is 10.2. The number of ether oxygens (including phenoxy) is 1. The van der Waals surface area contributed by atoms with Gasteiger partial charge in [-0.05, 0) is 50.2 Å². The van der Waals surface area contributed by atoms with Crippen molar-refractivity contribution in [3.05, 3.63) is 72.9 Å². The lowest BCUT2D eigenvalue weighted by molar-refractivity contribution is -0.141. The van der Waals surface area contributed by atoms with Crippen molar-refractivity contribution in [1.29, 1.82) is 0 Å². The standard InChI is InChI=1S/C29H48O4Si/c1-8-9-18-22-27(33-34(6,7)29(2,3)4)23-20-17-15-13-11-10-12-14-16-19-21-26(30)24-25-28(31)32-5/h9-11,14-21,23,26-27,30H,8,12-13,22,24-25H2,1-7H3. The zero-order valence-electron chi connectivity index (χ0n) is 22.5. The number of allylic oxidation sites excluding steroid dienone is 9. The van der Waals surface area contributed by atoms with Crippen LogP contribution in [0.4, 0.5) is 0 Å². The summed E-state index contributed by atoms with van der Waals surface area (Å²) in [5, 5.41) is 9.95. The van der Waals surface area contributed by atoms with Crippen molar-refractivity contribution in [2.75, 3.05) is 7.11 Å². The lowest BCUT2D eigenvalue weighted by Gasteiger charge is -2.38. The van der Waals surface area contributed by atoms with Gasteiger partial charge >= 0.3 is 5.97 Å². The fourth-order valence-electron chi connectivity index (χ4n) is 2.63. The molecule has 0 heterocycles. The number of carbonyl (C=O) groups is 1. The quantitative estimate of drug-likeness (QED) is 0.105. The molecule has 2 atom stereocenters. The van der Waals surface area contributed by atoms with Crippen LogP contribution in [0.3, 0.4) is 0 Å². The number of hydrogen-bond donors (Lipinski definition) is 1. The predicted molar refractivity (Wildman–Crippen MR) is 148 cm³/mol. The van der Waals surface area contributed by atoms with Crippen LogP contribution in [0.2, 0.25) is 18.1 Å². The highest BCUT2D eigenvalue weighted by molar-refractivity contribution is 6.74. The highest BCUT2D eigenvalue weighted by Gasteiger charge is 2.38. The Kier molecular flexibility index (Phi) is 17.3. The second kappa shape index (κ2) is 18.4. The highest BCUT2D eigenvalue weighted by Crippen LogP contribution is 2.37. The van der Waals surface area contributed by atoms with E-state index < -0.39 is 14.4 Å².